The van der Waals surface area contributed by atoms with Crippen molar-refractivity contribution in [1.29, 1.82) is 0 Å². The number of thioether (sulfide) groups is 1. The van der Waals surface area contributed by atoms with Crippen LogP contribution in [0, 0.1) is 0 Å². The van der Waals surface area contributed by atoms with Crippen molar-refractivity contribution in [3.05, 3.63) is 76.8 Å². The maximum Gasteiger partial charge on any atom is 0.240 e. The number of nitrogens with zero attached hydrogens (tertiary/aromatic N) is 4. The summed E-state index contributed by atoms with van der Waals surface area (Å²) in [5.41, 5.74) is 1.63. The van der Waals surface area contributed by atoms with E-state index in [2.05, 4.69) is 16.8 Å². The molecule has 1 aliphatic heterocycles. The SMILES string of the molecule is C=CCn1c(SC(C(=O)N2CCOCC2)c2ccccc2)nnc1-c1ccc(Cl)cc1Cl. The van der Waals surface area contributed by atoms with Crippen molar-refractivity contribution in [3.63, 3.8) is 0 Å². The first-order chi connectivity index (χ1) is 15.6. The number of ether oxygens (including phenoxy) is 1. The molecule has 6 nitrogen and oxygen atoms in total. The minimum Gasteiger partial charge on any atom is -0.378 e. The summed E-state index contributed by atoms with van der Waals surface area (Å²) in [7, 11) is 0. The minimum absolute atomic E-state index is 0.0312. The second kappa shape index (κ2) is 10.5. The maximum absolute atomic E-state index is 13.5. The standard InChI is InChI=1S/C23H22Cl2N4O2S/c1-2-10-29-21(18-9-8-17(24)15-19(18)25)26-27-23(29)32-20(16-6-4-3-5-7-16)22(30)28-11-13-31-14-12-28/h2-9,15,20H,1,10-14H2. The number of aromatic nitrogens is 3. The van der Waals surface area contributed by atoms with Gasteiger partial charge in [-0.15, -0.1) is 16.8 Å². The van der Waals surface area contributed by atoms with Gasteiger partial charge in [0.2, 0.25) is 5.91 Å². The number of hydrogen-bond donors (Lipinski definition) is 0. The second-order valence-corrected chi connectivity index (χ2v) is 9.09. The molecule has 0 N–H and O–H groups in total. The molecule has 0 bridgehead atoms. The molecule has 1 saturated heterocycles. The van der Waals surface area contributed by atoms with E-state index in [0.29, 0.717) is 59.4 Å². The van der Waals surface area contributed by atoms with Gasteiger partial charge in [0, 0.05) is 30.2 Å². The van der Waals surface area contributed by atoms with E-state index in [0.717, 1.165) is 5.56 Å². The Morgan fingerprint density at radius 3 is 2.59 bits per heavy atom. The quantitative estimate of drug-likeness (QED) is 0.340. The Bertz CT molecular complexity index is 1100. The third kappa shape index (κ3) is 5.02. The highest BCUT2D eigenvalue weighted by atomic mass is 35.5. The summed E-state index contributed by atoms with van der Waals surface area (Å²) in [6, 6.07) is 15.0. The molecule has 0 aliphatic carbocycles. The Morgan fingerprint density at radius 2 is 1.91 bits per heavy atom. The van der Waals surface area contributed by atoms with Gasteiger partial charge in [-0.3, -0.25) is 9.36 Å². The largest absolute Gasteiger partial charge is 0.378 e. The molecule has 1 unspecified atom stereocenters. The summed E-state index contributed by atoms with van der Waals surface area (Å²) >= 11 is 13.9. The summed E-state index contributed by atoms with van der Waals surface area (Å²) in [5, 5.41) is 9.97. The van der Waals surface area contributed by atoms with Gasteiger partial charge in [0.1, 0.15) is 5.25 Å². The maximum atomic E-state index is 13.5. The number of amides is 1. The van der Waals surface area contributed by atoms with Crippen molar-refractivity contribution in [2.45, 2.75) is 17.0 Å². The molecule has 2 heterocycles. The first-order valence-electron chi connectivity index (χ1n) is 10.2. The Labute approximate surface area is 201 Å². The van der Waals surface area contributed by atoms with Crippen LogP contribution in [0.1, 0.15) is 10.8 Å². The third-order valence-corrected chi connectivity index (χ3v) is 6.84. The summed E-state index contributed by atoms with van der Waals surface area (Å²) in [4.78, 5) is 15.3. The van der Waals surface area contributed by atoms with Crippen LogP contribution in [-0.2, 0) is 16.1 Å². The lowest BCUT2D eigenvalue weighted by atomic mass is 10.1. The van der Waals surface area contributed by atoms with Gasteiger partial charge in [-0.05, 0) is 23.8 Å². The van der Waals surface area contributed by atoms with Crippen LogP contribution >= 0.6 is 35.0 Å². The number of carbonyl (C=O) groups excluding carboxylic acids is 1. The smallest absolute Gasteiger partial charge is 0.240 e. The average Bonchev–Trinajstić information content (AvgIpc) is 3.20. The van der Waals surface area contributed by atoms with E-state index >= 15 is 0 Å². The van der Waals surface area contributed by atoms with Crippen molar-refractivity contribution in [1.82, 2.24) is 19.7 Å². The van der Waals surface area contributed by atoms with Crippen LogP contribution < -0.4 is 0 Å². The fraction of sp³-hybridized carbons (Fsp3) is 0.261. The molecule has 3 aromatic rings. The fourth-order valence-electron chi connectivity index (χ4n) is 3.48. The monoisotopic (exact) mass is 488 g/mol. The van der Waals surface area contributed by atoms with Crippen LogP contribution in [0.3, 0.4) is 0 Å². The van der Waals surface area contributed by atoms with Gasteiger partial charge in [0.15, 0.2) is 11.0 Å². The number of halogens is 2. The topological polar surface area (TPSA) is 60.2 Å². The van der Waals surface area contributed by atoms with E-state index < -0.39 is 5.25 Å². The van der Waals surface area contributed by atoms with Gasteiger partial charge in [0.25, 0.3) is 0 Å². The van der Waals surface area contributed by atoms with Crippen molar-refractivity contribution in [2.75, 3.05) is 26.3 Å². The summed E-state index contributed by atoms with van der Waals surface area (Å²) in [5.74, 6) is 0.628. The van der Waals surface area contributed by atoms with Gasteiger partial charge in [-0.1, -0.05) is 71.4 Å². The summed E-state index contributed by atoms with van der Waals surface area (Å²) in [6.07, 6.45) is 1.77. The molecule has 0 saturated carbocycles. The number of carbonyl (C=O) groups is 1. The molecule has 0 radical (unpaired) electrons. The Kier molecular flexibility index (Phi) is 7.52. The number of allylic oxidation sites excluding steroid dienone is 1. The lowest BCUT2D eigenvalue weighted by molar-refractivity contribution is -0.134. The average molecular weight is 489 g/mol. The molecule has 4 rings (SSSR count). The van der Waals surface area contributed by atoms with Crippen LogP contribution in [-0.4, -0.2) is 51.9 Å². The van der Waals surface area contributed by atoms with Crippen LogP contribution in [0.5, 0.6) is 0 Å². The Balaban J connectivity index is 1.71. The molecule has 1 fully saturated rings. The molecular formula is C23H22Cl2N4O2S. The molecule has 32 heavy (non-hydrogen) atoms. The van der Waals surface area contributed by atoms with E-state index in [1.165, 1.54) is 11.8 Å². The lowest BCUT2D eigenvalue weighted by Gasteiger charge is -2.30. The molecule has 0 spiro atoms. The van der Waals surface area contributed by atoms with Crippen molar-refractivity contribution >= 4 is 40.9 Å². The Morgan fingerprint density at radius 1 is 1.16 bits per heavy atom. The zero-order valence-corrected chi connectivity index (χ0v) is 19.6. The van der Waals surface area contributed by atoms with E-state index in [1.54, 1.807) is 18.2 Å². The predicted octanol–water partition coefficient (Wildman–Crippen LogP) is 5.13. The number of morpholine rings is 1. The second-order valence-electron chi connectivity index (χ2n) is 7.18. The molecule has 1 atom stereocenters. The van der Waals surface area contributed by atoms with E-state index in [4.69, 9.17) is 27.9 Å². The minimum atomic E-state index is -0.462. The molecule has 1 amide bonds. The summed E-state index contributed by atoms with van der Waals surface area (Å²) < 4.78 is 7.33. The molecule has 9 heteroatoms. The Hall–Kier alpha value is -2.32. The van der Waals surface area contributed by atoms with Crippen LogP contribution in [0.15, 0.2) is 66.3 Å². The highest BCUT2D eigenvalue weighted by Crippen LogP contribution is 2.38. The van der Waals surface area contributed by atoms with Gasteiger partial charge < -0.3 is 9.64 Å². The van der Waals surface area contributed by atoms with Gasteiger partial charge in [0.05, 0.1) is 18.2 Å². The zero-order valence-electron chi connectivity index (χ0n) is 17.3. The fourth-order valence-corrected chi connectivity index (χ4v) is 5.11. The first-order valence-corrected chi connectivity index (χ1v) is 11.8. The highest BCUT2D eigenvalue weighted by molar-refractivity contribution is 8.00. The molecular weight excluding hydrogens is 467 g/mol. The van der Waals surface area contributed by atoms with Gasteiger partial charge >= 0.3 is 0 Å². The van der Waals surface area contributed by atoms with Crippen LogP contribution in [0.4, 0.5) is 0 Å². The first kappa shape index (κ1) is 22.9. The molecule has 2 aromatic carbocycles. The third-order valence-electron chi connectivity index (χ3n) is 5.07. The van der Waals surface area contributed by atoms with Crippen LogP contribution in [0.25, 0.3) is 11.4 Å². The number of benzene rings is 2. The van der Waals surface area contributed by atoms with Crippen molar-refractivity contribution in [2.24, 2.45) is 0 Å². The normalized spacial score (nSPS) is 14.9. The van der Waals surface area contributed by atoms with E-state index in [1.807, 2.05) is 45.9 Å². The van der Waals surface area contributed by atoms with Gasteiger partial charge in [-0.25, -0.2) is 0 Å². The lowest BCUT2D eigenvalue weighted by Crippen LogP contribution is -2.42. The van der Waals surface area contributed by atoms with Crippen molar-refractivity contribution < 1.29 is 9.53 Å². The highest BCUT2D eigenvalue weighted by Gasteiger charge is 2.30. The zero-order chi connectivity index (χ0) is 22.5. The molecule has 1 aliphatic rings. The van der Waals surface area contributed by atoms with E-state index in [-0.39, 0.29) is 5.91 Å². The molecule has 166 valence electrons. The van der Waals surface area contributed by atoms with E-state index in [9.17, 15) is 4.79 Å². The summed E-state index contributed by atoms with van der Waals surface area (Å²) in [6.45, 7) is 6.58. The van der Waals surface area contributed by atoms with Crippen LogP contribution in [0.2, 0.25) is 10.0 Å². The van der Waals surface area contributed by atoms with Gasteiger partial charge in [-0.2, -0.15) is 0 Å². The number of rotatable bonds is 7. The molecule has 1 aromatic heterocycles. The van der Waals surface area contributed by atoms with Crippen molar-refractivity contribution in [3.8, 4) is 11.4 Å². The predicted molar refractivity (Wildman–Crippen MR) is 128 cm³/mol. The number of hydrogen-bond acceptors (Lipinski definition) is 5.